The first-order chi connectivity index (χ1) is 9.38. The zero-order valence-corrected chi connectivity index (χ0v) is 12.0. The molecule has 20 heavy (non-hydrogen) atoms. The van der Waals surface area contributed by atoms with Gasteiger partial charge in [0.2, 0.25) is 0 Å². The molecule has 0 saturated carbocycles. The Labute approximate surface area is 116 Å². The van der Waals surface area contributed by atoms with Crippen LogP contribution in [0.3, 0.4) is 0 Å². The molecule has 0 spiro atoms. The SMILES string of the molecule is CCC1=NN(C(N)=O)[C@@H](C)[C@H](C(=O)OC)[C@H]1C(=O)OC. The van der Waals surface area contributed by atoms with Crippen LogP contribution in [0.2, 0.25) is 0 Å². The molecule has 0 radical (unpaired) electrons. The molecule has 0 aromatic carbocycles. The average Bonchev–Trinajstić information content (AvgIpc) is 2.44. The number of esters is 2. The van der Waals surface area contributed by atoms with Gasteiger partial charge < -0.3 is 15.2 Å². The number of amides is 2. The fourth-order valence-electron chi connectivity index (χ4n) is 2.35. The van der Waals surface area contributed by atoms with Crippen molar-refractivity contribution in [2.45, 2.75) is 26.3 Å². The lowest BCUT2D eigenvalue weighted by molar-refractivity contribution is -0.157. The molecule has 1 rings (SSSR count). The highest BCUT2D eigenvalue weighted by Crippen LogP contribution is 2.30. The number of primary amides is 1. The van der Waals surface area contributed by atoms with Crippen molar-refractivity contribution >= 4 is 23.7 Å². The molecule has 0 aromatic heterocycles. The first-order valence-electron chi connectivity index (χ1n) is 6.20. The van der Waals surface area contributed by atoms with Crippen LogP contribution in [0.1, 0.15) is 20.3 Å². The van der Waals surface area contributed by atoms with Gasteiger partial charge in [-0.3, -0.25) is 9.59 Å². The topological polar surface area (TPSA) is 111 Å². The maximum absolute atomic E-state index is 12.0. The van der Waals surface area contributed by atoms with Gasteiger partial charge in [0.05, 0.1) is 31.9 Å². The number of rotatable bonds is 3. The molecule has 1 aliphatic heterocycles. The summed E-state index contributed by atoms with van der Waals surface area (Å²) in [5, 5.41) is 5.06. The molecule has 112 valence electrons. The van der Waals surface area contributed by atoms with Crippen LogP contribution >= 0.6 is 0 Å². The summed E-state index contributed by atoms with van der Waals surface area (Å²) in [6.45, 7) is 3.34. The normalized spacial score (nSPS) is 25.7. The van der Waals surface area contributed by atoms with Crippen molar-refractivity contribution in [3.63, 3.8) is 0 Å². The third-order valence-corrected chi connectivity index (χ3v) is 3.38. The first-order valence-corrected chi connectivity index (χ1v) is 6.20. The van der Waals surface area contributed by atoms with Gasteiger partial charge in [0.15, 0.2) is 0 Å². The highest BCUT2D eigenvalue weighted by Gasteiger charge is 2.48. The average molecular weight is 285 g/mol. The summed E-state index contributed by atoms with van der Waals surface area (Å²) in [6, 6.07) is -1.49. The summed E-state index contributed by atoms with van der Waals surface area (Å²) in [7, 11) is 2.45. The molecular formula is C12H19N3O5. The Kier molecular flexibility index (Phi) is 5.06. The Balaban J connectivity index is 3.34. The van der Waals surface area contributed by atoms with E-state index in [1.54, 1.807) is 13.8 Å². The van der Waals surface area contributed by atoms with Gasteiger partial charge in [-0.15, -0.1) is 0 Å². The van der Waals surface area contributed by atoms with E-state index in [1.807, 2.05) is 0 Å². The van der Waals surface area contributed by atoms with Crippen LogP contribution in [-0.4, -0.2) is 49.0 Å². The summed E-state index contributed by atoms with van der Waals surface area (Å²) in [5.41, 5.74) is 5.61. The van der Waals surface area contributed by atoms with E-state index in [1.165, 1.54) is 14.2 Å². The van der Waals surface area contributed by atoms with Crippen LogP contribution in [0, 0.1) is 11.8 Å². The zero-order valence-electron chi connectivity index (χ0n) is 12.0. The second-order valence-corrected chi connectivity index (χ2v) is 4.42. The minimum atomic E-state index is -0.896. The second-order valence-electron chi connectivity index (χ2n) is 4.42. The number of methoxy groups -OCH3 is 2. The number of nitrogens with zero attached hydrogens (tertiary/aromatic N) is 2. The molecule has 0 saturated heterocycles. The highest BCUT2D eigenvalue weighted by atomic mass is 16.5. The third kappa shape index (κ3) is 2.73. The standard InChI is InChI=1S/C12H19N3O5/c1-5-7-9(11(17)20-4)8(10(16)19-3)6(2)15(14-7)12(13)18/h6,8-9H,5H2,1-4H3,(H2,13,18)/t6-,8-,9-/m0/s1. The molecule has 1 heterocycles. The molecule has 8 heteroatoms. The van der Waals surface area contributed by atoms with Gasteiger partial charge in [-0.2, -0.15) is 5.10 Å². The number of hydrogen-bond acceptors (Lipinski definition) is 6. The van der Waals surface area contributed by atoms with Gasteiger partial charge in [-0.25, -0.2) is 9.80 Å². The van der Waals surface area contributed by atoms with Gasteiger partial charge in [0.1, 0.15) is 5.92 Å². The Morgan fingerprint density at radius 1 is 1.25 bits per heavy atom. The Morgan fingerprint density at radius 3 is 2.20 bits per heavy atom. The molecule has 0 aromatic rings. The number of nitrogens with two attached hydrogens (primary N) is 1. The molecule has 0 bridgehead atoms. The third-order valence-electron chi connectivity index (χ3n) is 3.38. The second kappa shape index (κ2) is 6.36. The Hall–Kier alpha value is -2.12. The maximum Gasteiger partial charge on any atom is 0.335 e. The Morgan fingerprint density at radius 2 is 1.80 bits per heavy atom. The van der Waals surface area contributed by atoms with Gasteiger partial charge in [0.25, 0.3) is 0 Å². The van der Waals surface area contributed by atoms with Crippen LogP contribution in [-0.2, 0) is 19.1 Å². The van der Waals surface area contributed by atoms with Crippen molar-refractivity contribution in [2.24, 2.45) is 22.7 Å². The van der Waals surface area contributed by atoms with E-state index in [0.717, 1.165) is 5.01 Å². The number of hydrazone groups is 1. The van der Waals surface area contributed by atoms with Gasteiger partial charge in [0, 0.05) is 0 Å². The van der Waals surface area contributed by atoms with E-state index in [-0.39, 0.29) is 0 Å². The van der Waals surface area contributed by atoms with Crippen molar-refractivity contribution in [3.05, 3.63) is 0 Å². The summed E-state index contributed by atoms with van der Waals surface area (Å²) in [4.78, 5) is 35.3. The van der Waals surface area contributed by atoms with E-state index >= 15 is 0 Å². The van der Waals surface area contributed by atoms with Crippen LogP contribution in [0.5, 0.6) is 0 Å². The molecule has 0 fully saturated rings. The smallest absolute Gasteiger partial charge is 0.335 e. The lowest BCUT2D eigenvalue weighted by atomic mass is 9.80. The highest BCUT2D eigenvalue weighted by molar-refractivity contribution is 6.06. The molecule has 0 aliphatic carbocycles. The van der Waals surface area contributed by atoms with Gasteiger partial charge in [-0.1, -0.05) is 6.92 Å². The fraction of sp³-hybridized carbons (Fsp3) is 0.667. The molecular weight excluding hydrogens is 266 g/mol. The summed E-state index contributed by atoms with van der Waals surface area (Å²) in [6.07, 6.45) is 0.379. The quantitative estimate of drug-likeness (QED) is 0.740. The number of hydrogen-bond donors (Lipinski definition) is 1. The van der Waals surface area contributed by atoms with E-state index in [4.69, 9.17) is 15.2 Å². The number of carbonyl (C=O) groups is 3. The molecule has 8 nitrogen and oxygen atoms in total. The molecule has 2 N–H and O–H groups in total. The largest absolute Gasteiger partial charge is 0.469 e. The molecule has 2 amide bonds. The summed E-state index contributed by atoms with van der Waals surface area (Å²) < 4.78 is 9.45. The van der Waals surface area contributed by atoms with Gasteiger partial charge >= 0.3 is 18.0 Å². The van der Waals surface area contributed by atoms with Crippen molar-refractivity contribution in [2.75, 3.05) is 14.2 Å². The lowest BCUT2D eigenvalue weighted by Gasteiger charge is -2.37. The predicted octanol–water partition coefficient (Wildman–Crippen LogP) is 0.114. The van der Waals surface area contributed by atoms with Crippen LogP contribution in [0.15, 0.2) is 5.10 Å². The van der Waals surface area contributed by atoms with Crippen molar-refractivity contribution in [1.82, 2.24) is 5.01 Å². The number of carbonyl (C=O) groups excluding carboxylic acids is 3. The van der Waals surface area contributed by atoms with Crippen LogP contribution in [0.25, 0.3) is 0 Å². The van der Waals surface area contributed by atoms with E-state index in [2.05, 4.69) is 5.10 Å². The Bertz CT molecular complexity index is 448. The molecule has 1 aliphatic rings. The number of ether oxygens (including phenoxy) is 2. The zero-order chi connectivity index (χ0) is 15.4. The van der Waals surface area contributed by atoms with Crippen LogP contribution in [0.4, 0.5) is 4.79 Å². The summed E-state index contributed by atoms with van der Waals surface area (Å²) in [5.74, 6) is -2.97. The monoisotopic (exact) mass is 285 g/mol. The van der Waals surface area contributed by atoms with Gasteiger partial charge in [-0.05, 0) is 13.3 Å². The van der Waals surface area contributed by atoms with E-state index < -0.39 is 35.8 Å². The predicted molar refractivity (Wildman–Crippen MR) is 69.6 cm³/mol. The minimum Gasteiger partial charge on any atom is -0.469 e. The molecule has 3 atom stereocenters. The van der Waals surface area contributed by atoms with Crippen molar-refractivity contribution in [3.8, 4) is 0 Å². The number of urea groups is 1. The van der Waals surface area contributed by atoms with Crippen molar-refractivity contribution in [1.29, 1.82) is 0 Å². The first kappa shape index (κ1) is 15.9. The maximum atomic E-state index is 12.0. The van der Waals surface area contributed by atoms with Crippen LogP contribution < -0.4 is 5.73 Å². The van der Waals surface area contributed by atoms with Crippen molar-refractivity contribution < 1.29 is 23.9 Å². The van der Waals surface area contributed by atoms with E-state index in [0.29, 0.717) is 12.1 Å². The lowest BCUT2D eigenvalue weighted by Crippen LogP contribution is -2.55. The van der Waals surface area contributed by atoms with E-state index in [9.17, 15) is 14.4 Å². The minimum absolute atomic E-state index is 0.365. The fourth-order valence-corrected chi connectivity index (χ4v) is 2.35. The summed E-state index contributed by atoms with van der Waals surface area (Å²) >= 11 is 0. The molecule has 0 unspecified atom stereocenters.